The van der Waals surface area contributed by atoms with Gasteiger partial charge in [-0.1, -0.05) is 12.1 Å². The summed E-state index contributed by atoms with van der Waals surface area (Å²) in [5.41, 5.74) is 3.07. The average Bonchev–Trinajstić information content (AvgIpc) is 2.88. The molecule has 1 heterocycles. The van der Waals surface area contributed by atoms with Gasteiger partial charge in [0.15, 0.2) is 0 Å². The number of hydrogen-bond acceptors (Lipinski definition) is 3. The zero-order chi connectivity index (χ0) is 13.7. The number of H-pyrrole nitrogens is 1. The van der Waals surface area contributed by atoms with Gasteiger partial charge in [0.2, 0.25) is 5.91 Å². The third-order valence-corrected chi connectivity index (χ3v) is 2.87. The normalized spacial score (nSPS) is 12.1. The van der Waals surface area contributed by atoms with Crippen molar-refractivity contribution in [2.24, 2.45) is 0 Å². The third kappa shape index (κ3) is 3.93. The molecule has 0 saturated carbocycles. The van der Waals surface area contributed by atoms with Crippen LogP contribution in [0.5, 0.6) is 0 Å². The van der Waals surface area contributed by atoms with Crippen molar-refractivity contribution in [3.63, 3.8) is 0 Å². The molecule has 19 heavy (non-hydrogen) atoms. The number of carbonyl (C=O) groups excluding carboxylic acids is 1. The van der Waals surface area contributed by atoms with E-state index in [4.69, 9.17) is 0 Å². The fourth-order valence-electron chi connectivity index (χ4n) is 1.85. The second kappa shape index (κ2) is 6.15. The van der Waals surface area contributed by atoms with Crippen LogP contribution in [0.3, 0.4) is 0 Å². The highest BCUT2D eigenvalue weighted by atomic mass is 16.1. The van der Waals surface area contributed by atoms with Crippen LogP contribution in [-0.2, 0) is 11.3 Å². The van der Waals surface area contributed by atoms with Gasteiger partial charge in [-0.05, 0) is 24.6 Å². The number of amides is 1. The first-order valence-electron chi connectivity index (χ1n) is 6.24. The first kappa shape index (κ1) is 13.3. The van der Waals surface area contributed by atoms with Crippen LogP contribution in [0.15, 0.2) is 36.7 Å². The molecule has 0 bridgehead atoms. The van der Waals surface area contributed by atoms with E-state index in [-0.39, 0.29) is 11.9 Å². The second-order valence-electron chi connectivity index (χ2n) is 4.52. The molecule has 5 nitrogen and oxygen atoms in total. The van der Waals surface area contributed by atoms with Crippen molar-refractivity contribution in [2.45, 2.75) is 26.4 Å². The van der Waals surface area contributed by atoms with Gasteiger partial charge < -0.3 is 10.6 Å². The minimum Gasteiger partial charge on any atom is -0.326 e. The standard InChI is InChI=1S/C14H18N4O/c1-10(15-7-12-8-16-17-9-12)13-4-3-5-14(6-13)18-11(2)19/h3-6,8-10,15H,7H2,1-2H3,(H,16,17)(H,18,19). The number of carbonyl (C=O) groups is 1. The van der Waals surface area contributed by atoms with Gasteiger partial charge in [-0.15, -0.1) is 0 Å². The van der Waals surface area contributed by atoms with Gasteiger partial charge in [-0.3, -0.25) is 9.89 Å². The lowest BCUT2D eigenvalue weighted by atomic mass is 10.1. The van der Waals surface area contributed by atoms with Crippen LogP contribution in [0.4, 0.5) is 5.69 Å². The molecule has 3 N–H and O–H groups in total. The molecule has 0 radical (unpaired) electrons. The van der Waals surface area contributed by atoms with E-state index >= 15 is 0 Å². The quantitative estimate of drug-likeness (QED) is 0.770. The molecular weight excluding hydrogens is 240 g/mol. The third-order valence-electron chi connectivity index (χ3n) is 2.87. The van der Waals surface area contributed by atoms with Crippen LogP contribution in [0.2, 0.25) is 0 Å². The average molecular weight is 258 g/mol. The number of anilines is 1. The van der Waals surface area contributed by atoms with E-state index in [1.807, 2.05) is 30.5 Å². The lowest BCUT2D eigenvalue weighted by molar-refractivity contribution is -0.114. The Labute approximate surface area is 112 Å². The molecule has 0 aliphatic carbocycles. The van der Waals surface area contributed by atoms with E-state index in [9.17, 15) is 4.79 Å². The van der Waals surface area contributed by atoms with Crippen LogP contribution in [0.25, 0.3) is 0 Å². The zero-order valence-electron chi connectivity index (χ0n) is 11.1. The van der Waals surface area contributed by atoms with E-state index in [0.717, 1.165) is 23.4 Å². The predicted molar refractivity (Wildman–Crippen MR) is 74.6 cm³/mol. The summed E-state index contributed by atoms with van der Waals surface area (Å²) in [7, 11) is 0. The number of aromatic nitrogens is 2. The predicted octanol–water partition coefficient (Wildman–Crippen LogP) is 2.22. The van der Waals surface area contributed by atoms with E-state index < -0.39 is 0 Å². The Balaban J connectivity index is 1.98. The van der Waals surface area contributed by atoms with Crippen LogP contribution in [0, 0.1) is 0 Å². The molecule has 1 aromatic heterocycles. The maximum absolute atomic E-state index is 11.0. The summed E-state index contributed by atoms with van der Waals surface area (Å²) in [6.45, 7) is 4.35. The van der Waals surface area contributed by atoms with Crippen molar-refractivity contribution < 1.29 is 4.79 Å². The van der Waals surface area contributed by atoms with Crippen LogP contribution < -0.4 is 10.6 Å². The molecule has 2 rings (SSSR count). The highest BCUT2D eigenvalue weighted by Crippen LogP contribution is 2.17. The maximum Gasteiger partial charge on any atom is 0.221 e. The number of nitrogens with zero attached hydrogens (tertiary/aromatic N) is 1. The minimum atomic E-state index is -0.0591. The van der Waals surface area contributed by atoms with Gasteiger partial charge in [0.25, 0.3) is 0 Å². The van der Waals surface area contributed by atoms with Crippen LogP contribution >= 0.6 is 0 Å². The van der Waals surface area contributed by atoms with E-state index in [2.05, 4.69) is 27.8 Å². The van der Waals surface area contributed by atoms with Crippen LogP contribution in [0.1, 0.15) is 31.0 Å². The molecule has 1 atom stereocenters. The molecular formula is C14H18N4O. The van der Waals surface area contributed by atoms with Crippen molar-refractivity contribution in [3.05, 3.63) is 47.8 Å². The van der Waals surface area contributed by atoms with Gasteiger partial charge in [0.05, 0.1) is 6.20 Å². The highest BCUT2D eigenvalue weighted by Gasteiger charge is 2.06. The first-order chi connectivity index (χ1) is 9.15. The zero-order valence-corrected chi connectivity index (χ0v) is 11.1. The highest BCUT2D eigenvalue weighted by molar-refractivity contribution is 5.88. The number of nitrogens with one attached hydrogen (secondary N) is 3. The van der Waals surface area contributed by atoms with Crippen LogP contribution in [-0.4, -0.2) is 16.1 Å². The summed E-state index contributed by atoms with van der Waals surface area (Å²) in [4.78, 5) is 11.0. The Bertz CT molecular complexity index is 536. The summed E-state index contributed by atoms with van der Waals surface area (Å²) >= 11 is 0. The van der Waals surface area contributed by atoms with Crippen molar-refractivity contribution >= 4 is 11.6 Å². The van der Waals surface area contributed by atoms with Crippen molar-refractivity contribution in [2.75, 3.05) is 5.32 Å². The topological polar surface area (TPSA) is 69.8 Å². The van der Waals surface area contributed by atoms with Crippen molar-refractivity contribution in [1.29, 1.82) is 0 Å². The Kier molecular flexibility index (Phi) is 4.30. The van der Waals surface area contributed by atoms with Gasteiger partial charge >= 0.3 is 0 Å². The first-order valence-corrected chi connectivity index (χ1v) is 6.24. The van der Waals surface area contributed by atoms with Gasteiger partial charge in [0.1, 0.15) is 0 Å². The van der Waals surface area contributed by atoms with E-state index in [0.29, 0.717) is 0 Å². The Morgan fingerprint density at radius 3 is 3.00 bits per heavy atom. The largest absolute Gasteiger partial charge is 0.326 e. The van der Waals surface area contributed by atoms with Crippen molar-refractivity contribution in [1.82, 2.24) is 15.5 Å². The summed E-state index contributed by atoms with van der Waals surface area (Å²) < 4.78 is 0. The minimum absolute atomic E-state index is 0.0591. The molecule has 1 amide bonds. The van der Waals surface area contributed by atoms with Gasteiger partial charge in [0, 0.05) is 37.0 Å². The Morgan fingerprint density at radius 2 is 2.32 bits per heavy atom. The molecule has 2 aromatic rings. The van der Waals surface area contributed by atoms with Gasteiger partial charge in [-0.25, -0.2) is 0 Å². The molecule has 0 saturated heterocycles. The summed E-state index contributed by atoms with van der Waals surface area (Å²) in [5.74, 6) is -0.0591. The fraction of sp³-hybridized carbons (Fsp3) is 0.286. The SMILES string of the molecule is CC(=O)Nc1cccc(C(C)NCc2cn[nH]c2)c1. The molecule has 1 aromatic carbocycles. The van der Waals surface area contributed by atoms with Crippen molar-refractivity contribution in [3.8, 4) is 0 Å². The number of benzene rings is 1. The molecule has 0 fully saturated rings. The summed E-state index contributed by atoms with van der Waals surface area (Å²) in [6.07, 6.45) is 3.67. The molecule has 0 aliphatic heterocycles. The summed E-state index contributed by atoms with van der Waals surface area (Å²) in [6, 6.07) is 8.04. The fourth-order valence-corrected chi connectivity index (χ4v) is 1.85. The second-order valence-corrected chi connectivity index (χ2v) is 4.52. The molecule has 5 heteroatoms. The van der Waals surface area contributed by atoms with E-state index in [1.54, 1.807) is 6.20 Å². The number of rotatable bonds is 5. The van der Waals surface area contributed by atoms with E-state index in [1.165, 1.54) is 6.92 Å². The summed E-state index contributed by atoms with van der Waals surface area (Å²) in [5, 5.41) is 12.9. The molecule has 1 unspecified atom stereocenters. The molecule has 0 spiro atoms. The maximum atomic E-state index is 11.0. The Hall–Kier alpha value is -2.14. The number of aromatic amines is 1. The Morgan fingerprint density at radius 1 is 1.47 bits per heavy atom. The molecule has 100 valence electrons. The lowest BCUT2D eigenvalue weighted by Crippen LogP contribution is -2.18. The number of hydrogen-bond donors (Lipinski definition) is 3. The lowest BCUT2D eigenvalue weighted by Gasteiger charge is -2.14. The monoisotopic (exact) mass is 258 g/mol. The smallest absolute Gasteiger partial charge is 0.221 e. The molecule has 0 aliphatic rings. The van der Waals surface area contributed by atoms with Gasteiger partial charge in [-0.2, -0.15) is 5.10 Å².